The summed E-state index contributed by atoms with van der Waals surface area (Å²) in [5.74, 6) is -0.287. The van der Waals surface area contributed by atoms with Crippen molar-refractivity contribution < 1.29 is 14.4 Å². The minimum absolute atomic E-state index is 0.0802. The predicted octanol–water partition coefficient (Wildman–Crippen LogP) is 2.49. The summed E-state index contributed by atoms with van der Waals surface area (Å²) in [4.78, 5) is 36.3. The lowest BCUT2D eigenvalue weighted by molar-refractivity contribution is -0.137. The van der Waals surface area contributed by atoms with Crippen molar-refractivity contribution in [2.75, 3.05) is 5.73 Å². The van der Waals surface area contributed by atoms with E-state index in [4.69, 9.17) is 15.4 Å². The number of nitrogens with zero attached hydrogens (tertiary/aromatic N) is 5. The van der Waals surface area contributed by atoms with Crippen LogP contribution in [0.4, 0.5) is 5.95 Å². The molecule has 0 atom stereocenters. The Morgan fingerprint density at radius 3 is 2.48 bits per heavy atom. The number of rotatable bonds is 6. The summed E-state index contributed by atoms with van der Waals surface area (Å²) < 4.78 is 6.55. The Labute approximate surface area is 187 Å². The molecule has 0 bridgehead atoms. The van der Waals surface area contributed by atoms with E-state index >= 15 is 0 Å². The molecule has 0 saturated heterocycles. The average Bonchev–Trinajstić information content (AvgIpc) is 3.25. The number of pyridine rings is 1. The predicted molar refractivity (Wildman–Crippen MR) is 118 cm³/mol. The van der Waals surface area contributed by atoms with E-state index in [1.807, 2.05) is 24.3 Å². The third-order valence-corrected chi connectivity index (χ3v) is 6.06. The second-order valence-electron chi connectivity index (χ2n) is 8.01. The molecular weight excluding hydrogens is 424 g/mol. The van der Waals surface area contributed by atoms with E-state index in [-0.39, 0.29) is 17.4 Å². The van der Waals surface area contributed by atoms with Crippen molar-refractivity contribution in [3.8, 4) is 22.6 Å². The van der Waals surface area contributed by atoms with Crippen LogP contribution in [0.25, 0.3) is 22.6 Å². The second-order valence-corrected chi connectivity index (χ2v) is 8.01. The number of aromatic nitrogens is 5. The number of hydrogen-bond acceptors (Lipinski definition) is 8. The van der Waals surface area contributed by atoms with Gasteiger partial charge in [-0.2, -0.15) is 4.98 Å². The Balaban J connectivity index is 1.47. The summed E-state index contributed by atoms with van der Waals surface area (Å²) in [6.07, 6.45) is 7.51. The van der Waals surface area contributed by atoms with Gasteiger partial charge in [0.1, 0.15) is 12.1 Å². The van der Waals surface area contributed by atoms with Crippen molar-refractivity contribution >= 4 is 11.9 Å². The molecule has 33 heavy (non-hydrogen) atoms. The van der Waals surface area contributed by atoms with Crippen molar-refractivity contribution in [3.05, 3.63) is 76.7 Å². The van der Waals surface area contributed by atoms with Gasteiger partial charge in [-0.25, -0.2) is 9.97 Å². The first-order valence-electron chi connectivity index (χ1n) is 10.4. The third kappa shape index (κ3) is 3.65. The summed E-state index contributed by atoms with van der Waals surface area (Å²) in [7, 11) is 0. The topological polar surface area (TPSA) is 150 Å². The van der Waals surface area contributed by atoms with Crippen LogP contribution < -0.4 is 11.3 Å². The quantitative estimate of drug-likeness (QED) is 0.457. The number of nitrogens with two attached hydrogens (primary N) is 1. The number of anilines is 1. The van der Waals surface area contributed by atoms with Crippen LogP contribution in [0.15, 0.2) is 64.3 Å². The molecule has 0 radical (unpaired) electrons. The number of carboxylic acids is 1. The van der Waals surface area contributed by atoms with Crippen molar-refractivity contribution in [1.29, 1.82) is 0 Å². The van der Waals surface area contributed by atoms with Crippen molar-refractivity contribution in [3.63, 3.8) is 0 Å². The monoisotopic (exact) mass is 444 g/mol. The molecule has 0 spiro atoms. The molecule has 1 aromatic carbocycles. The first-order valence-corrected chi connectivity index (χ1v) is 10.4. The molecule has 1 saturated carbocycles. The largest absolute Gasteiger partial charge is 0.480 e. The molecule has 10 nitrogen and oxygen atoms in total. The van der Waals surface area contributed by atoms with Crippen LogP contribution in [0.2, 0.25) is 0 Å². The second kappa shape index (κ2) is 7.97. The highest BCUT2D eigenvalue weighted by molar-refractivity contribution is 5.67. The van der Waals surface area contributed by atoms with E-state index in [1.54, 1.807) is 24.5 Å². The van der Waals surface area contributed by atoms with Gasteiger partial charge in [-0.15, -0.1) is 0 Å². The molecule has 3 N–H and O–H groups in total. The van der Waals surface area contributed by atoms with Gasteiger partial charge in [0.15, 0.2) is 5.82 Å². The van der Waals surface area contributed by atoms with Gasteiger partial charge in [-0.1, -0.05) is 35.8 Å². The summed E-state index contributed by atoms with van der Waals surface area (Å²) in [6, 6.07) is 11.2. The van der Waals surface area contributed by atoms with Crippen LogP contribution in [-0.4, -0.2) is 35.8 Å². The lowest BCUT2D eigenvalue weighted by atomic mass is 9.64. The smallest absolute Gasteiger partial charge is 0.323 e. The number of nitrogen functional groups attached to an aromatic ring is 1. The van der Waals surface area contributed by atoms with Gasteiger partial charge in [-0.05, 0) is 36.1 Å². The van der Waals surface area contributed by atoms with Gasteiger partial charge in [-0.3, -0.25) is 9.59 Å². The highest BCUT2D eigenvalue weighted by Gasteiger charge is 2.44. The molecule has 10 heteroatoms. The van der Waals surface area contributed by atoms with Crippen LogP contribution in [0.1, 0.15) is 30.7 Å². The molecule has 0 amide bonds. The minimum Gasteiger partial charge on any atom is -0.480 e. The van der Waals surface area contributed by atoms with Crippen molar-refractivity contribution in [2.24, 2.45) is 0 Å². The molecule has 5 rings (SSSR count). The number of hydrogen-bond donors (Lipinski definition) is 2. The van der Waals surface area contributed by atoms with E-state index in [1.165, 1.54) is 6.20 Å². The number of carbonyl (C=O) groups is 1. The lowest BCUT2D eigenvalue weighted by Crippen LogP contribution is -2.36. The number of aliphatic carboxylic acids is 1. The van der Waals surface area contributed by atoms with Crippen LogP contribution in [0.3, 0.4) is 0 Å². The van der Waals surface area contributed by atoms with Gasteiger partial charge >= 0.3 is 5.97 Å². The molecule has 3 heterocycles. The maximum Gasteiger partial charge on any atom is 0.323 e. The van der Waals surface area contributed by atoms with Gasteiger partial charge in [0.25, 0.3) is 11.4 Å². The summed E-state index contributed by atoms with van der Waals surface area (Å²) in [6.45, 7) is -0.441. The summed E-state index contributed by atoms with van der Waals surface area (Å²) in [5.41, 5.74) is 7.73. The Kier molecular flexibility index (Phi) is 4.97. The number of benzene rings is 1. The van der Waals surface area contributed by atoms with E-state index in [9.17, 15) is 9.59 Å². The van der Waals surface area contributed by atoms with E-state index in [2.05, 4.69) is 20.1 Å². The van der Waals surface area contributed by atoms with Gasteiger partial charge in [0.2, 0.25) is 5.95 Å². The minimum atomic E-state index is -1.11. The highest BCUT2D eigenvalue weighted by atomic mass is 16.5. The Hall–Kier alpha value is -4.34. The summed E-state index contributed by atoms with van der Waals surface area (Å²) >= 11 is 0. The molecule has 1 aliphatic carbocycles. The van der Waals surface area contributed by atoms with Crippen LogP contribution in [0, 0.1) is 0 Å². The Morgan fingerprint density at radius 1 is 1.12 bits per heavy atom. The zero-order valence-corrected chi connectivity index (χ0v) is 17.5. The fourth-order valence-corrected chi connectivity index (χ4v) is 4.14. The molecule has 1 fully saturated rings. The highest BCUT2D eigenvalue weighted by Crippen LogP contribution is 2.48. The fraction of sp³-hybridized carbons (Fsp3) is 0.217. The van der Waals surface area contributed by atoms with Crippen LogP contribution >= 0.6 is 0 Å². The van der Waals surface area contributed by atoms with Crippen LogP contribution in [-0.2, 0) is 16.8 Å². The average molecular weight is 444 g/mol. The third-order valence-electron chi connectivity index (χ3n) is 6.06. The van der Waals surface area contributed by atoms with Crippen molar-refractivity contribution in [2.45, 2.75) is 31.2 Å². The Bertz CT molecular complexity index is 1370. The number of carboxylic acid groups (broad SMARTS) is 1. The molecule has 0 aliphatic heterocycles. The van der Waals surface area contributed by atoms with Gasteiger partial charge in [0.05, 0.1) is 5.41 Å². The van der Waals surface area contributed by atoms with E-state index < -0.39 is 23.5 Å². The molecule has 4 aromatic rings. The van der Waals surface area contributed by atoms with Crippen LogP contribution in [0.5, 0.6) is 0 Å². The molecule has 166 valence electrons. The zero-order valence-electron chi connectivity index (χ0n) is 17.5. The van der Waals surface area contributed by atoms with Gasteiger partial charge in [0, 0.05) is 24.2 Å². The zero-order chi connectivity index (χ0) is 23.0. The van der Waals surface area contributed by atoms with Gasteiger partial charge < -0.3 is 19.9 Å². The molecule has 1 aliphatic rings. The first-order chi connectivity index (χ1) is 16.0. The lowest BCUT2D eigenvalue weighted by Gasteiger charge is -2.39. The molecule has 3 aromatic heterocycles. The maximum absolute atomic E-state index is 12.7. The first kappa shape index (κ1) is 20.6. The molecular formula is C23H20N6O4. The standard InChI is InChI=1S/C23H20N6O4/c24-22-25-11-15(12-26-22)14-4-6-16(7-5-14)23(8-2-9-23)21-27-19(33-28-21)17-3-1-10-29(20(17)32)13-18(30)31/h1,3-7,10-12H,2,8-9,13H2,(H,30,31)(H2,24,25,26). The van der Waals surface area contributed by atoms with E-state index in [0.717, 1.165) is 40.5 Å². The SMILES string of the molecule is Nc1ncc(-c2ccc(C3(c4noc(-c5cccn(CC(=O)O)c5=O)n4)CCC3)cc2)cn1. The fourth-order valence-electron chi connectivity index (χ4n) is 4.14. The summed E-state index contributed by atoms with van der Waals surface area (Å²) in [5, 5.41) is 13.2. The van der Waals surface area contributed by atoms with Crippen molar-refractivity contribution in [1.82, 2.24) is 24.7 Å². The Morgan fingerprint density at radius 2 is 1.85 bits per heavy atom. The maximum atomic E-state index is 12.7. The molecule has 0 unspecified atom stereocenters. The normalized spacial score (nSPS) is 14.5. The van der Waals surface area contributed by atoms with E-state index in [0.29, 0.717) is 5.82 Å².